The number of fused-ring (bicyclic) bond motifs is 1. The molecule has 1 unspecified atom stereocenters. The summed E-state index contributed by atoms with van der Waals surface area (Å²) in [4.78, 5) is 16.8. The van der Waals surface area contributed by atoms with E-state index in [1.165, 1.54) is 27.8 Å². The average molecular weight is 364 g/mol. The number of aryl methyl sites for hydroxylation is 2. The molecule has 1 N–H and O–H groups in total. The lowest BCUT2D eigenvalue weighted by molar-refractivity contribution is -0.121. The Kier molecular flexibility index (Phi) is 5.36. The summed E-state index contributed by atoms with van der Waals surface area (Å²) in [6.45, 7) is 13.4. The number of amides is 1. The van der Waals surface area contributed by atoms with Crippen molar-refractivity contribution in [1.82, 2.24) is 14.9 Å². The summed E-state index contributed by atoms with van der Waals surface area (Å²) >= 11 is 0. The number of hydrogen-bond donors (Lipinski definition) is 1. The first-order valence-corrected chi connectivity index (χ1v) is 9.64. The van der Waals surface area contributed by atoms with Crippen molar-refractivity contribution in [2.45, 2.75) is 60.5 Å². The lowest BCUT2D eigenvalue weighted by Crippen LogP contribution is -2.28. The molecule has 0 radical (unpaired) electrons. The van der Waals surface area contributed by atoms with Gasteiger partial charge in [-0.25, -0.2) is 4.98 Å². The molecule has 1 amide bonds. The van der Waals surface area contributed by atoms with Crippen LogP contribution >= 0.6 is 0 Å². The van der Waals surface area contributed by atoms with Gasteiger partial charge in [0.15, 0.2) is 0 Å². The molecule has 1 atom stereocenters. The molecule has 3 aromatic rings. The molecule has 0 spiro atoms. The molecule has 0 saturated carbocycles. The summed E-state index contributed by atoms with van der Waals surface area (Å²) in [5, 5.41) is 3.06. The first-order valence-electron chi connectivity index (χ1n) is 9.64. The minimum absolute atomic E-state index is 0.0415. The Morgan fingerprint density at radius 3 is 2.37 bits per heavy atom. The van der Waals surface area contributed by atoms with Gasteiger partial charge < -0.3 is 9.88 Å². The van der Waals surface area contributed by atoms with E-state index in [4.69, 9.17) is 4.98 Å². The van der Waals surface area contributed by atoms with Gasteiger partial charge in [0, 0.05) is 13.0 Å². The lowest BCUT2D eigenvalue weighted by Gasteiger charge is -2.20. The van der Waals surface area contributed by atoms with Crippen LogP contribution in [0.4, 0.5) is 0 Å². The molecule has 1 aromatic heterocycles. The fourth-order valence-corrected chi connectivity index (χ4v) is 3.69. The second kappa shape index (κ2) is 7.55. The van der Waals surface area contributed by atoms with Crippen LogP contribution in [0.15, 0.2) is 30.3 Å². The summed E-state index contributed by atoms with van der Waals surface area (Å²) in [5.74, 6) is 0.941. The highest BCUT2D eigenvalue weighted by Crippen LogP contribution is 2.27. The maximum Gasteiger partial charge on any atom is 0.220 e. The zero-order valence-corrected chi connectivity index (χ0v) is 17.2. The summed E-state index contributed by atoms with van der Waals surface area (Å²) in [5.41, 5.74) is 8.68. The highest BCUT2D eigenvalue weighted by atomic mass is 16.1. The third-order valence-electron chi connectivity index (χ3n) is 5.61. The molecule has 27 heavy (non-hydrogen) atoms. The Hall–Kier alpha value is -2.62. The van der Waals surface area contributed by atoms with Gasteiger partial charge >= 0.3 is 0 Å². The zero-order chi connectivity index (χ0) is 19.7. The molecule has 0 bridgehead atoms. The fourth-order valence-electron chi connectivity index (χ4n) is 3.69. The van der Waals surface area contributed by atoms with Gasteiger partial charge in [-0.1, -0.05) is 25.1 Å². The molecule has 0 aliphatic heterocycles. The number of nitrogens with zero attached hydrogens (tertiary/aromatic N) is 2. The quantitative estimate of drug-likeness (QED) is 0.700. The van der Waals surface area contributed by atoms with E-state index in [-0.39, 0.29) is 11.9 Å². The summed E-state index contributed by atoms with van der Waals surface area (Å²) < 4.78 is 2.25. The lowest BCUT2D eigenvalue weighted by atomic mass is 9.94. The number of hydrogen-bond acceptors (Lipinski definition) is 2. The van der Waals surface area contributed by atoms with Gasteiger partial charge in [0.1, 0.15) is 5.82 Å². The molecule has 142 valence electrons. The van der Waals surface area contributed by atoms with E-state index in [1.807, 2.05) is 32.0 Å². The number of rotatable bonds is 5. The fraction of sp³-hybridized carbons (Fsp3) is 0.391. The Labute approximate surface area is 161 Å². The van der Waals surface area contributed by atoms with E-state index in [0.717, 1.165) is 23.4 Å². The van der Waals surface area contributed by atoms with Crippen molar-refractivity contribution in [2.75, 3.05) is 0 Å². The summed E-state index contributed by atoms with van der Waals surface area (Å²) in [6.07, 6.45) is 0.472. The average Bonchev–Trinajstić information content (AvgIpc) is 3.02. The molecule has 0 aliphatic rings. The van der Waals surface area contributed by atoms with E-state index in [9.17, 15) is 4.79 Å². The van der Waals surface area contributed by atoms with Crippen molar-refractivity contribution in [1.29, 1.82) is 0 Å². The van der Waals surface area contributed by atoms with Crippen molar-refractivity contribution in [2.24, 2.45) is 0 Å². The van der Waals surface area contributed by atoms with Crippen LogP contribution in [-0.4, -0.2) is 15.5 Å². The minimum Gasteiger partial charge on any atom is -0.346 e. The van der Waals surface area contributed by atoms with Crippen molar-refractivity contribution >= 4 is 16.9 Å². The van der Waals surface area contributed by atoms with Crippen LogP contribution in [0.1, 0.15) is 60.0 Å². The van der Waals surface area contributed by atoms with E-state index >= 15 is 0 Å². The molecule has 2 aromatic carbocycles. The van der Waals surface area contributed by atoms with Crippen LogP contribution in [0, 0.1) is 27.7 Å². The number of para-hydroxylation sites is 2. The summed E-state index contributed by atoms with van der Waals surface area (Å²) in [7, 11) is 0. The number of imidazole rings is 1. The predicted octanol–water partition coefficient (Wildman–Crippen LogP) is 4.91. The first kappa shape index (κ1) is 19.2. The number of benzene rings is 2. The van der Waals surface area contributed by atoms with Gasteiger partial charge in [0.2, 0.25) is 5.91 Å². The van der Waals surface area contributed by atoms with Gasteiger partial charge in [0.25, 0.3) is 0 Å². The smallest absolute Gasteiger partial charge is 0.220 e. The SMILES string of the molecule is CCC(=O)NC(C)c1nc2ccccc2n1Cc1c(C)c(C)cc(C)c1C. The van der Waals surface area contributed by atoms with E-state index < -0.39 is 0 Å². The Morgan fingerprint density at radius 1 is 1.11 bits per heavy atom. The third kappa shape index (κ3) is 3.61. The monoisotopic (exact) mass is 363 g/mol. The molecule has 0 aliphatic carbocycles. The summed E-state index contributed by atoms with van der Waals surface area (Å²) in [6, 6.07) is 10.3. The molecule has 4 nitrogen and oxygen atoms in total. The maximum absolute atomic E-state index is 11.9. The standard InChI is InChI=1S/C23H29N3O/c1-7-22(27)24-18(6)23-25-20-10-8-9-11-21(20)26(23)13-19-16(4)14(2)12-15(3)17(19)5/h8-12,18H,7,13H2,1-6H3,(H,24,27). The number of carbonyl (C=O) groups is 1. The van der Waals surface area contributed by atoms with Crippen LogP contribution in [0.25, 0.3) is 11.0 Å². The second-order valence-electron chi connectivity index (χ2n) is 7.43. The largest absolute Gasteiger partial charge is 0.346 e. The van der Waals surface area contributed by atoms with Gasteiger partial charge in [-0.3, -0.25) is 4.79 Å². The zero-order valence-electron chi connectivity index (χ0n) is 17.2. The Bertz CT molecular complexity index is 974. The van der Waals surface area contributed by atoms with Crippen LogP contribution in [0.5, 0.6) is 0 Å². The van der Waals surface area contributed by atoms with Gasteiger partial charge in [-0.2, -0.15) is 0 Å². The van der Waals surface area contributed by atoms with E-state index in [0.29, 0.717) is 6.42 Å². The van der Waals surface area contributed by atoms with Gasteiger partial charge in [0.05, 0.1) is 17.1 Å². The molecular formula is C23H29N3O. The van der Waals surface area contributed by atoms with Crippen molar-refractivity contribution in [3.05, 3.63) is 64.0 Å². The van der Waals surface area contributed by atoms with Crippen LogP contribution in [0.2, 0.25) is 0 Å². The third-order valence-corrected chi connectivity index (χ3v) is 5.61. The topological polar surface area (TPSA) is 46.9 Å². The van der Waals surface area contributed by atoms with Gasteiger partial charge in [-0.15, -0.1) is 0 Å². The molecule has 0 saturated heterocycles. The van der Waals surface area contributed by atoms with E-state index in [2.05, 4.69) is 49.7 Å². The number of carbonyl (C=O) groups excluding carboxylic acids is 1. The molecule has 1 heterocycles. The van der Waals surface area contributed by atoms with Crippen LogP contribution in [-0.2, 0) is 11.3 Å². The Morgan fingerprint density at radius 2 is 1.74 bits per heavy atom. The normalized spacial score (nSPS) is 12.4. The minimum atomic E-state index is -0.142. The molecule has 3 rings (SSSR count). The van der Waals surface area contributed by atoms with Crippen molar-refractivity contribution in [3.8, 4) is 0 Å². The van der Waals surface area contributed by atoms with Crippen LogP contribution in [0.3, 0.4) is 0 Å². The second-order valence-corrected chi connectivity index (χ2v) is 7.43. The van der Waals surface area contributed by atoms with Gasteiger partial charge in [-0.05, 0) is 74.6 Å². The first-order chi connectivity index (χ1) is 12.8. The highest BCUT2D eigenvalue weighted by molar-refractivity contribution is 5.78. The highest BCUT2D eigenvalue weighted by Gasteiger charge is 2.19. The molecular weight excluding hydrogens is 334 g/mol. The molecule has 0 fully saturated rings. The van der Waals surface area contributed by atoms with Crippen molar-refractivity contribution in [3.63, 3.8) is 0 Å². The number of nitrogens with one attached hydrogen (secondary N) is 1. The maximum atomic E-state index is 11.9. The van der Waals surface area contributed by atoms with Crippen molar-refractivity contribution < 1.29 is 4.79 Å². The Balaban J connectivity index is 2.14. The van der Waals surface area contributed by atoms with Crippen LogP contribution < -0.4 is 5.32 Å². The molecule has 4 heteroatoms. The predicted molar refractivity (Wildman–Crippen MR) is 111 cm³/mol. The van der Waals surface area contributed by atoms with E-state index in [1.54, 1.807) is 0 Å². The number of aromatic nitrogens is 2.